The average Bonchev–Trinajstić information content (AvgIpc) is 3.57. The molecule has 49 heavy (non-hydrogen) atoms. The summed E-state index contributed by atoms with van der Waals surface area (Å²) in [5.41, 5.74) is 3.74. The molecule has 0 radical (unpaired) electrons. The lowest BCUT2D eigenvalue weighted by molar-refractivity contribution is -0.125. The molecule has 0 aliphatic rings. The minimum absolute atomic E-state index is 0.0697. The number of urea groups is 1. The van der Waals surface area contributed by atoms with Gasteiger partial charge >= 0.3 is 6.03 Å². The Hall–Kier alpha value is -2.51. The third kappa shape index (κ3) is 20.1. The Balaban J connectivity index is 0.00000554. The van der Waals surface area contributed by atoms with Gasteiger partial charge in [0.2, 0.25) is 12.3 Å². The number of nitrogens with zero attached hydrogens (tertiary/aromatic N) is 3. The predicted molar refractivity (Wildman–Crippen MR) is 209 cm³/mol. The van der Waals surface area contributed by atoms with E-state index >= 15 is 0 Å². The summed E-state index contributed by atoms with van der Waals surface area (Å²) in [4.78, 5) is 36.8. The molecule has 1 aromatic carbocycles. The number of thioether (sulfide) groups is 1. The number of aliphatic hydroxyl groups is 1. The summed E-state index contributed by atoms with van der Waals surface area (Å²) in [7, 11) is 3.44. The number of aliphatic hydroxyl groups excluding tert-OH is 1. The highest BCUT2D eigenvalue weighted by atomic mass is 32.2. The maximum absolute atomic E-state index is 13.5. The molecular formula is C37H66N6O4S2. The van der Waals surface area contributed by atoms with Crippen LogP contribution in [0.3, 0.4) is 0 Å². The molecule has 4 atom stereocenters. The molecule has 0 spiro atoms. The molecule has 0 bridgehead atoms. The van der Waals surface area contributed by atoms with Gasteiger partial charge in [-0.05, 0) is 37.2 Å². The van der Waals surface area contributed by atoms with Crippen LogP contribution in [-0.2, 0) is 22.5 Å². The first-order valence-corrected chi connectivity index (χ1v) is 19.8. The first-order valence-electron chi connectivity index (χ1n) is 17.9. The SMILES string of the molecule is CC.CC.CCCC(CCC(Cc1ccccc1)NC(O)OCCSC=NC)NC(=O)C(NC(=O)N(C)Cc1csc(C(C)C)n1)C(C)C. The number of ether oxygens (including phenoxy) is 1. The lowest BCUT2D eigenvalue weighted by Gasteiger charge is -2.29. The second-order valence-corrected chi connectivity index (χ2v) is 13.8. The Kier molecular flexibility index (Phi) is 26.8. The molecule has 2 aromatic rings. The summed E-state index contributed by atoms with van der Waals surface area (Å²) in [6, 6.07) is 8.99. The Morgan fingerprint density at radius 1 is 1.04 bits per heavy atom. The van der Waals surface area contributed by atoms with E-state index in [1.165, 1.54) is 11.8 Å². The van der Waals surface area contributed by atoms with Crippen LogP contribution >= 0.6 is 23.1 Å². The number of hydrogen-bond acceptors (Lipinski definition) is 9. The van der Waals surface area contributed by atoms with Gasteiger partial charge in [-0.15, -0.1) is 23.1 Å². The topological polar surface area (TPSA) is 128 Å². The molecule has 0 saturated carbocycles. The average molecular weight is 723 g/mol. The van der Waals surface area contributed by atoms with Crippen LogP contribution in [0.2, 0.25) is 0 Å². The van der Waals surface area contributed by atoms with Crippen molar-refractivity contribution in [3.05, 3.63) is 52.0 Å². The Morgan fingerprint density at radius 2 is 1.69 bits per heavy atom. The van der Waals surface area contributed by atoms with Crippen molar-refractivity contribution in [3.8, 4) is 0 Å². The van der Waals surface area contributed by atoms with E-state index in [0.717, 1.165) is 29.1 Å². The number of amides is 3. The van der Waals surface area contributed by atoms with E-state index in [-0.39, 0.29) is 29.9 Å². The van der Waals surface area contributed by atoms with E-state index in [4.69, 9.17) is 4.74 Å². The number of aromatic nitrogens is 1. The highest BCUT2D eigenvalue weighted by Crippen LogP contribution is 2.20. The van der Waals surface area contributed by atoms with Crippen molar-refractivity contribution in [2.24, 2.45) is 10.9 Å². The van der Waals surface area contributed by atoms with Crippen molar-refractivity contribution in [2.75, 3.05) is 26.5 Å². The standard InChI is InChI=1S/C33H54N6O4S2.2C2H6/c1-8-12-26(15-16-27(19-25-13-10-9-11-14-25)37-33(42)43-17-18-44-22-34-6)35-30(40)29(23(2)3)38-32(41)39(7)20-28-21-45-31(36-28)24(4)5;2*1-2/h9-11,13-14,21-24,26-27,29,33,37,42H,8,12,15-20H2,1-7H3,(H,35,40)(H,38,41);2*1-2H3. The number of hydrogen-bond donors (Lipinski definition) is 4. The molecule has 1 heterocycles. The Labute approximate surface area is 305 Å². The number of carbonyl (C=O) groups excluding carboxylic acids is 2. The summed E-state index contributed by atoms with van der Waals surface area (Å²) in [6.45, 7) is 18.9. The Morgan fingerprint density at radius 3 is 2.27 bits per heavy atom. The fourth-order valence-corrected chi connectivity index (χ4v) is 6.08. The molecule has 1 aromatic heterocycles. The van der Waals surface area contributed by atoms with Gasteiger partial charge in [-0.2, -0.15) is 0 Å². The molecule has 10 nitrogen and oxygen atoms in total. The van der Waals surface area contributed by atoms with E-state index in [0.29, 0.717) is 44.1 Å². The molecule has 2 rings (SSSR count). The lowest BCUT2D eigenvalue weighted by Crippen LogP contribution is -2.54. The lowest BCUT2D eigenvalue weighted by atomic mass is 9.96. The first kappa shape index (κ1) is 46.5. The molecule has 0 saturated heterocycles. The normalized spacial score (nSPS) is 13.5. The minimum Gasteiger partial charge on any atom is -0.356 e. The summed E-state index contributed by atoms with van der Waals surface area (Å²) in [5.74, 6) is 0.742. The van der Waals surface area contributed by atoms with Crippen molar-refractivity contribution in [2.45, 2.75) is 131 Å². The quantitative estimate of drug-likeness (QED) is 0.0457. The molecule has 0 aliphatic heterocycles. The zero-order valence-electron chi connectivity index (χ0n) is 32.0. The summed E-state index contributed by atoms with van der Waals surface area (Å²) >= 11 is 3.12. The fourth-order valence-electron chi connectivity index (χ4n) is 4.81. The highest BCUT2D eigenvalue weighted by Gasteiger charge is 2.28. The van der Waals surface area contributed by atoms with Crippen LogP contribution in [0.4, 0.5) is 4.79 Å². The van der Waals surface area contributed by atoms with E-state index in [9.17, 15) is 14.7 Å². The van der Waals surface area contributed by atoms with Gasteiger partial charge in [0.05, 0.1) is 29.4 Å². The summed E-state index contributed by atoms with van der Waals surface area (Å²) < 4.78 is 5.58. The van der Waals surface area contributed by atoms with E-state index < -0.39 is 12.5 Å². The van der Waals surface area contributed by atoms with Crippen LogP contribution in [0.25, 0.3) is 0 Å². The van der Waals surface area contributed by atoms with Crippen LogP contribution in [0.1, 0.15) is 110 Å². The van der Waals surface area contributed by atoms with Gasteiger partial charge in [-0.1, -0.05) is 99.1 Å². The van der Waals surface area contributed by atoms with Crippen molar-refractivity contribution in [1.29, 1.82) is 0 Å². The molecule has 0 aliphatic carbocycles. The van der Waals surface area contributed by atoms with Crippen molar-refractivity contribution in [3.63, 3.8) is 0 Å². The predicted octanol–water partition coefficient (Wildman–Crippen LogP) is 7.43. The minimum atomic E-state index is -1.10. The number of thiazole rings is 1. The van der Waals surface area contributed by atoms with Crippen molar-refractivity contribution in [1.82, 2.24) is 25.8 Å². The third-order valence-electron chi connectivity index (χ3n) is 7.24. The van der Waals surface area contributed by atoms with E-state index in [2.05, 4.69) is 58.8 Å². The van der Waals surface area contributed by atoms with Crippen LogP contribution in [-0.4, -0.2) is 83.5 Å². The van der Waals surface area contributed by atoms with Crippen LogP contribution < -0.4 is 16.0 Å². The highest BCUT2D eigenvalue weighted by molar-refractivity contribution is 8.12. The number of carbonyl (C=O) groups is 2. The number of aliphatic imine (C=N–C) groups is 1. The molecule has 4 unspecified atom stereocenters. The number of nitrogens with one attached hydrogen (secondary N) is 3. The smallest absolute Gasteiger partial charge is 0.318 e. The van der Waals surface area contributed by atoms with Gasteiger partial charge in [-0.3, -0.25) is 15.1 Å². The zero-order valence-corrected chi connectivity index (χ0v) is 33.6. The molecular weight excluding hydrogens is 657 g/mol. The fraction of sp³-hybridized carbons (Fsp3) is 0.676. The summed E-state index contributed by atoms with van der Waals surface area (Å²) in [6.07, 6.45) is 2.74. The number of rotatable bonds is 21. The van der Waals surface area contributed by atoms with Crippen LogP contribution in [0, 0.1) is 5.92 Å². The zero-order chi connectivity index (χ0) is 37.2. The third-order valence-corrected chi connectivity index (χ3v) is 9.20. The monoisotopic (exact) mass is 722 g/mol. The molecule has 12 heteroatoms. The van der Waals surface area contributed by atoms with Crippen LogP contribution in [0.15, 0.2) is 40.7 Å². The van der Waals surface area contributed by atoms with Gasteiger partial charge in [-0.25, -0.2) is 9.78 Å². The van der Waals surface area contributed by atoms with E-state index in [1.807, 2.05) is 65.1 Å². The molecule has 3 amide bonds. The van der Waals surface area contributed by atoms with Gasteiger partial charge in [0.25, 0.3) is 0 Å². The number of benzene rings is 1. The largest absolute Gasteiger partial charge is 0.356 e. The maximum atomic E-state index is 13.5. The molecule has 0 fully saturated rings. The van der Waals surface area contributed by atoms with Crippen molar-refractivity contribution >= 4 is 40.6 Å². The molecule has 280 valence electrons. The van der Waals surface area contributed by atoms with Gasteiger partial charge in [0.15, 0.2) is 0 Å². The van der Waals surface area contributed by atoms with Gasteiger partial charge in [0, 0.05) is 43.2 Å². The summed E-state index contributed by atoms with van der Waals surface area (Å²) in [5, 5.41) is 23.0. The van der Waals surface area contributed by atoms with Gasteiger partial charge in [0.1, 0.15) is 6.04 Å². The second kappa shape index (κ2) is 28.2. The first-order chi connectivity index (χ1) is 23.5. The molecule has 4 N–H and O–H groups in total. The second-order valence-electron chi connectivity index (χ2n) is 11.9. The van der Waals surface area contributed by atoms with E-state index in [1.54, 1.807) is 35.9 Å². The Bertz CT molecular complexity index is 1150. The van der Waals surface area contributed by atoms with Gasteiger partial charge < -0.3 is 25.4 Å². The van der Waals surface area contributed by atoms with Crippen LogP contribution in [0.5, 0.6) is 0 Å². The van der Waals surface area contributed by atoms with Crippen molar-refractivity contribution < 1.29 is 19.4 Å². The maximum Gasteiger partial charge on any atom is 0.318 e.